The Morgan fingerprint density at radius 3 is 2.65 bits per heavy atom. The molecule has 0 aliphatic carbocycles. The van der Waals surface area contributed by atoms with Gasteiger partial charge in [-0.15, -0.1) is 6.58 Å². The molecule has 2 unspecified atom stereocenters. The normalized spacial score (nSPS) is 24.9. The van der Waals surface area contributed by atoms with Crippen LogP contribution in [0.3, 0.4) is 0 Å². The van der Waals surface area contributed by atoms with E-state index in [-0.39, 0.29) is 17.9 Å². The highest BCUT2D eigenvalue weighted by Gasteiger charge is 2.41. The van der Waals surface area contributed by atoms with E-state index in [1.807, 2.05) is 6.92 Å². The number of hydrogen-bond acceptors (Lipinski definition) is 3. The van der Waals surface area contributed by atoms with Crippen molar-refractivity contribution in [2.45, 2.75) is 52.2 Å². The molecule has 2 amide bonds. The first-order valence-electron chi connectivity index (χ1n) is 5.93. The fourth-order valence-corrected chi connectivity index (χ4v) is 2.01. The van der Waals surface area contributed by atoms with Gasteiger partial charge in [0.1, 0.15) is 5.60 Å². The minimum absolute atomic E-state index is 0.0951. The molecule has 1 aliphatic heterocycles. The molecule has 1 saturated heterocycles. The van der Waals surface area contributed by atoms with E-state index in [1.54, 1.807) is 26.8 Å². The number of carbonyl (C=O) groups excluding carboxylic acids is 2. The van der Waals surface area contributed by atoms with Crippen molar-refractivity contribution in [1.29, 1.82) is 0 Å². The number of allylic oxidation sites excluding steroid dienone is 1. The summed E-state index contributed by atoms with van der Waals surface area (Å²) in [5.74, 6) is -0.276. The largest absolute Gasteiger partial charge is 0.443 e. The summed E-state index contributed by atoms with van der Waals surface area (Å²) in [5, 5.41) is 0. The fraction of sp³-hybridized carbons (Fsp3) is 0.692. The monoisotopic (exact) mass is 239 g/mol. The van der Waals surface area contributed by atoms with Gasteiger partial charge in [0, 0.05) is 12.0 Å². The van der Waals surface area contributed by atoms with Crippen LogP contribution in [0.2, 0.25) is 0 Å². The van der Waals surface area contributed by atoms with Gasteiger partial charge >= 0.3 is 6.09 Å². The Kier molecular flexibility index (Phi) is 3.96. The predicted molar refractivity (Wildman–Crippen MR) is 65.5 cm³/mol. The van der Waals surface area contributed by atoms with E-state index in [9.17, 15) is 9.59 Å². The Morgan fingerprint density at radius 1 is 1.59 bits per heavy atom. The smallest absolute Gasteiger partial charge is 0.417 e. The van der Waals surface area contributed by atoms with Crippen molar-refractivity contribution < 1.29 is 14.3 Å². The maximum Gasteiger partial charge on any atom is 0.417 e. The third-order valence-electron chi connectivity index (χ3n) is 2.69. The molecule has 2 atom stereocenters. The lowest BCUT2D eigenvalue weighted by Gasteiger charge is -2.25. The van der Waals surface area contributed by atoms with E-state index in [4.69, 9.17) is 4.74 Å². The number of nitrogens with zero attached hydrogens (tertiary/aromatic N) is 1. The molecular formula is C13H21NO3. The number of carbonyl (C=O) groups is 2. The second-order valence-corrected chi connectivity index (χ2v) is 5.49. The van der Waals surface area contributed by atoms with Crippen molar-refractivity contribution in [3.05, 3.63) is 12.7 Å². The van der Waals surface area contributed by atoms with Crippen LogP contribution in [0.1, 0.15) is 40.5 Å². The van der Waals surface area contributed by atoms with Crippen LogP contribution in [0, 0.1) is 5.92 Å². The summed E-state index contributed by atoms with van der Waals surface area (Å²) in [6, 6.07) is -0.0951. The summed E-state index contributed by atoms with van der Waals surface area (Å²) in [4.78, 5) is 25.1. The van der Waals surface area contributed by atoms with Gasteiger partial charge < -0.3 is 4.74 Å². The van der Waals surface area contributed by atoms with Crippen LogP contribution >= 0.6 is 0 Å². The molecular weight excluding hydrogens is 218 g/mol. The molecule has 0 N–H and O–H groups in total. The summed E-state index contributed by atoms with van der Waals surface area (Å²) >= 11 is 0. The zero-order valence-electron chi connectivity index (χ0n) is 11.0. The zero-order chi connectivity index (χ0) is 13.2. The molecule has 0 bridgehead atoms. The van der Waals surface area contributed by atoms with E-state index in [2.05, 4.69) is 6.58 Å². The minimum atomic E-state index is -0.576. The van der Waals surface area contributed by atoms with E-state index >= 15 is 0 Å². The molecule has 0 aromatic carbocycles. The van der Waals surface area contributed by atoms with Crippen LogP contribution in [0.4, 0.5) is 4.79 Å². The first-order chi connectivity index (χ1) is 7.76. The lowest BCUT2D eigenvalue weighted by molar-refractivity contribution is -0.130. The number of imide groups is 1. The van der Waals surface area contributed by atoms with Gasteiger partial charge in [0.05, 0.1) is 0 Å². The zero-order valence-corrected chi connectivity index (χ0v) is 11.0. The highest BCUT2D eigenvalue weighted by atomic mass is 16.6. The van der Waals surface area contributed by atoms with E-state index in [1.165, 1.54) is 4.90 Å². The maximum atomic E-state index is 12.0. The molecule has 1 heterocycles. The quantitative estimate of drug-likeness (QED) is 0.696. The molecule has 4 nitrogen and oxygen atoms in total. The number of hydrogen-bond donors (Lipinski definition) is 0. The van der Waals surface area contributed by atoms with Gasteiger partial charge in [0.25, 0.3) is 0 Å². The van der Waals surface area contributed by atoms with Crippen molar-refractivity contribution in [3.63, 3.8) is 0 Å². The van der Waals surface area contributed by atoms with Gasteiger partial charge in [-0.1, -0.05) is 6.08 Å². The molecule has 17 heavy (non-hydrogen) atoms. The summed E-state index contributed by atoms with van der Waals surface area (Å²) in [5.41, 5.74) is -0.576. The SMILES string of the molecule is C=CCC1CC(C)N(C(=O)OC(C)(C)C)C1=O. The maximum absolute atomic E-state index is 12.0. The van der Waals surface area contributed by atoms with Crippen molar-refractivity contribution in [2.24, 2.45) is 5.92 Å². The van der Waals surface area contributed by atoms with Crippen LogP contribution in [0.15, 0.2) is 12.7 Å². The van der Waals surface area contributed by atoms with Crippen LogP contribution < -0.4 is 0 Å². The Balaban J connectivity index is 2.74. The first kappa shape index (κ1) is 13.7. The molecule has 0 saturated carbocycles. The van der Waals surface area contributed by atoms with Crippen molar-refractivity contribution in [1.82, 2.24) is 4.90 Å². The third-order valence-corrected chi connectivity index (χ3v) is 2.69. The molecule has 1 rings (SSSR count). The van der Waals surface area contributed by atoms with E-state index < -0.39 is 11.7 Å². The van der Waals surface area contributed by atoms with Gasteiger partial charge in [0.2, 0.25) is 5.91 Å². The molecule has 96 valence electrons. The van der Waals surface area contributed by atoms with Gasteiger partial charge in [0.15, 0.2) is 0 Å². The van der Waals surface area contributed by atoms with Gasteiger partial charge in [-0.2, -0.15) is 0 Å². The molecule has 0 aromatic rings. The topological polar surface area (TPSA) is 46.6 Å². The molecule has 1 fully saturated rings. The lowest BCUT2D eigenvalue weighted by Crippen LogP contribution is -2.41. The number of amides is 2. The van der Waals surface area contributed by atoms with Crippen molar-refractivity contribution in [2.75, 3.05) is 0 Å². The highest BCUT2D eigenvalue weighted by Crippen LogP contribution is 2.28. The Hall–Kier alpha value is -1.32. The molecule has 0 aromatic heterocycles. The van der Waals surface area contributed by atoms with Crippen LogP contribution in [-0.2, 0) is 9.53 Å². The summed E-state index contributed by atoms with van der Waals surface area (Å²) < 4.78 is 5.23. The van der Waals surface area contributed by atoms with Crippen LogP contribution in [0.25, 0.3) is 0 Å². The summed E-state index contributed by atoms with van der Waals surface area (Å²) in [6.07, 6.45) is 2.47. The highest BCUT2D eigenvalue weighted by molar-refractivity contribution is 5.95. The lowest BCUT2D eigenvalue weighted by atomic mass is 10.0. The van der Waals surface area contributed by atoms with Gasteiger partial charge in [-0.05, 0) is 40.5 Å². The van der Waals surface area contributed by atoms with Gasteiger partial charge in [-0.25, -0.2) is 9.69 Å². The standard InChI is InChI=1S/C13H21NO3/c1-6-7-10-8-9(2)14(11(10)15)12(16)17-13(3,4)5/h6,9-10H,1,7-8H2,2-5H3. The van der Waals surface area contributed by atoms with Crippen LogP contribution in [-0.4, -0.2) is 28.5 Å². The predicted octanol–water partition coefficient (Wildman–Crippen LogP) is 2.73. The minimum Gasteiger partial charge on any atom is -0.443 e. The molecule has 4 heteroatoms. The summed E-state index contributed by atoms with van der Waals surface area (Å²) in [6.45, 7) is 10.9. The second kappa shape index (κ2) is 4.90. The second-order valence-electron chi connectivity index (χ2n) is 5.49. The number of ether oxygens (including phenoxy) is 1. The third kappa shape index (κ3) is 3.32. The molecule has 0 spiro atoms. The van der Waals surface area contributed by atoms with Crippen molar-refractivity contribution in [3.8, 4) is 0 Å². The van der Waals surface area contributed by atoms with Gasteiger partial charge in [-0.3, -0.25) is 4.79 Å². The van der Waals surface area contributed by atoms with Crippen LogP contribution in [0.5, 0.6) is 0 Å². The Morgan fingerprint density at radius 2 is 2.18 bits per heavy atom. The summed E-state index contributed by atoms with van der Waals surface area (Å²) in [7, 11) is 0. The first-order valence-corrected chi connectivity index (χ1v) is 5.93. The Labute approximate surface area is 103 Å². The number of rotatable bonds is 2. The molecule has 1 aliphatic rings. The van der Waals surface area contributed by atoms with E-state index in [0.717, 1.165) is 0 Å². The average Bonchev–Trinajstić information content (AvgIpc) is 2.39. The fourth-order valence-electron chi connectivity index (χ4n) is 2.01. The molecule has 0 radical (unpaired) electrons. The average molecular weight is 239 g/mol. The van der Waals surface area contributed by atoms with Crippen molar-refractivity contribution >= 4 is 12.0 Å². The number of likely N-dealkylation sites (tertiary alicyclic amines) is 1. The van der Waals surface area contributed by atoms with E-state index in [0.29, 0.717) is 12.8 Å². The Bertz CT molecular complexity index is 330.